The molecule has 90 valence electrons. The number of hydrogen-bond acceptors (Lipinski definition) is 2. The number of rotatable bonds is 8. The van der Waals surface area contributed by atoms with Gasteiger partial charge in [-0.05, 0) is 38.3 Å². The summed E-state index contributed by atoms with van der Waals surface area (Å²) >= 11 is 0. The summed E-state index contributed by atoms with van der Waals surface area (Å²) in [6.07, 6.45) is 7.03. The summed E-state index contributed by atoms with van der Waals surface area (Å²) in [7, 11) is 0. The zero-order chi connectivity index (χ0) is 10.9. The summed E-state index contributed by atoms with van der Waals surface area (Å²) in [6.45, 7) is 8.36. The van der Waals surface area contributed by atoms with Crippen LogP contribution in [0.15, 0.2) is 0 Å². The van der Waals surface area contributed by atoms with Gasteiger partial charge in [0.15, 0.2) is 0 Å². The average molecular weight is 213 g/mol. The van der Waals surface area contributed by atoms with Gasteiger partial charge in [-0.25, -0.2) is 0 Å². The fourth-order valence-electron chi connectivity index (χ4n) is 2.64. The molecule has 0 radical (unpaired) electrons. The largest absolute Gasteiger partial charge is 0.382 e. The van der Waals surface area contributed by atoms with E-state index in [2.05, 4.69) is 19.2 Å². The van der Waals surface area contributed by atoms with Gasteiger partial charge in [0.2, 0.25) is 0 Å². The molecule has 1 N–H and O–H groups in total. The van der Waals surface area contributed by atoms with Crippen molar-refractivity contribution in [2.24, 2.45) is 11.8 Å². The molecule has 0 aromatic rings. The second-order valence-electron chi connectivity index (χ2n) is 4.60. The smallest absolute Gasteiger partial charge is 0.0469 e. The van der Waals surface area contributed by atoms with E-state index in [0.29, 0.717) is 0 Å². The first kappa shape index (κ1) is 13.0. The van der Waals surface area contributed by atoms with Crippen LogP contribution in [0.2, 0.25) is 0 Å². The van der Waals surface area contributed by atoms with Crippen molar-refractivity contribution in [2.75, 3.05) is 26.3 Å². The van der Waals surface area contributed by atoms with Crippen LogP contribution in [0.25, 0.3) is 0 Å². The molecule has 0 bridgehead atoms. The zero-order valence-electron chi connectivity index (χ0n) is 10.4. The lowest BCUT2D eigenvalue weighted by atomic mass is 9.88. The molecule has 1 fully saturated rings. The third kappa shape index (κ3) is 4.98. The van der Waals surface area contributed by atoms with Gasteiger partial charge >= 0.3 is 0 Å². The Morgan fingerprint density at radius 2 is 2.00 bits per heavy atom. The Bertz CT molecular complexity index is 143. The maximum Gasteiger partial charge on any atom is 0.0469 e. The number of hydrogen-bond donors (Lipinski definition) is 1. The van der Waals surface area contributed by atoms with E-state index in [0.717, 1.165) is 31.6 Å². The molecule has 1 unspecified atom stereocenters. The van der Waals surface area contributed by atoms with Crippen molar-refractivity contribution in [3.8, 4) is 0 Å². The molecule has 0 saturated heterocycles. The van der Waals surface area contributed by atoms with E-state index >= 15 is 0 Å². The van der Waals surface area contributed by atoms with E-state index in [-0.39, 0.29) is 0 Å². The van der Waals surface area contributed by atoms with Gasteiger partial charge in [-0.15, -0.1) is 0 Å². The van der Waals surface area contributed by atoms with Crippen LogP contribution in [-0.4, -0.2) is 26.3 Å². The third-order valence-electron chi connectivity index (χ3n) is 3.56. The van der Waals surface area contributed by atoms with Crippen molar-refractivity contribution in [1.82, 2.24) is 5.32 Å². The van der Waals surface area contributed by atoms with Crippen molar-refractivity contribution in [3.63, 3.8) is 0 Å². The van der Waals surface area contributed by atoms with Gasteiger partial charge in [-0.2, -0.15) is 0 Å². The first-order valence-electron chi connectivity index (χ1n) is 6.66. The Morgan fingerprint density at radius 3 is 2.60 bits per heavy atom. The molecule has 15 heavy (non-hydrogen) atoms. The maximum absolute atomic E-state index is 5.48. The fourth-order valence-corrected chi connectivity index (χ4v) is 2.64. The van der Waals surface area contributed by atoms with Crippen molar-refractivity contribution in [3.05, 3.63) is 0 Å². The van der Waals surface area contributed by atoms with Crippen LogP contribution in [0.4, 0.5) is 0 Å². The first-order chi connectivity index (χ1) is 7.38. The minimum Gasteiger partial charge on any atom is -0.382 e. The molecule has 0 aromatic carbocycles. The molecular formula is C13H27NO. The Hall–Kier alpha value is -0.0800. The quantitative estimate of drug-likeness (QED) is 0.626. The van der Waals surface area contributed by atoms with Crippen LogP contribution in [0.5, 0.6) is 0 Å². The number of ether oxygens (including phenoxy) is 1. The molecule has 2 nitrogen and oxygen atoms in total. The summed E-state index contributed by atoms with van der Waals surface area (Å²) < 4.78 is 5.48. The van der Waals surface area contributed by atoms with E-state index in [4.69, 9.17) is 4.74 Å². The molecule has 1 aliphatic rings. The van der Waals surface area contributed by atoms with Crippen molar-refractivity contribution in [2.45, 2.75) is 46.0 Å². The normalized spacial score (nSPS) is 19.6. The molecule has 1 aliphatic carbocycles. The Morgan fingerprint density at radius 1 is 1.27 bits per heavy atom. The van der Waals surface area contributed by atoms with Gasteiger partial charge in [0.1, 0.15) is 0 Å². The SMILES string of the molecule is CCNCC(CCOCC)C1CCCC1. The minimum atomic E-state index is 0.846. The summed E-state index contributed by atoms with van der Waals surface area (Å²) in [5, 5.41) is 3.50. The summed E-state index contributed by atoms with van der Waals surface area (Å²) in [5.41, 5.74) is 0. The molecule has 1 atom stereocenters. The Labute approximate surface area is 94.8 Å². The highest BCUT2D eigenvalue weighted by molar-refractivity contribution is 4.76. The fraction of sp³-hybridized carbons (Fsp3) is 1.00. The Balaban J connectivity index is 2.23. The van der Waals surface area contributed by atoms with Gasteiger partial charge in [-0.1, -0.05) is 32.6 Å². The van der Waals surface area contributed by atoms with Crippen molar-refractivity contribution >= 4 is 0 Å². The van der Waals surface area contributed by atoms with Gasteiger partial charge in [0.05, 0.1) is 0 Å². The molecular weight excluding hydrogens is 186 g/mol. The van der Waals surface area contributed by atoms with Crippen LogP contribution in [0, 0.1) is 11.8 Å². The van der Waals surface area contributed by atoms with Gasteiger partial charge in [0.25, 0.3) is 0 Å². The molecule has 0 amide bonds. The highest BCUT2D eigenvalue weighted by atomic mass is 16.5. The first-order valence-corrected chi connectivity index (χ1v) is 6.66. The molecule has 1 saturated carbocycles. The molecule has 0 aromatic heterocycles. The van der Waals surface area contributed by atoms with Gasteiger partial charge < -0.3 is 10.1 Å². The summed E-state index contributed by atoms with van der Waals surface area (Å²) in [6, 6.07) is 0. The highest BCUT2D eigenvalue weighted by Gasteiger charge is 2.24. The second kappa shape index (κ2) is 8.12. The van der Waals surface area contributed by atoms with Crippen LogP contribution >= 0.6 is 0 Å². The predicted molar refractivity (Wildman–Crippen MR) is 65.1 cm³/mol. The van der Waals surface area contributed by atoms with Gasteiger partial charge in [0, 0.05) is 13.2 Å². The zero-order valence-corrected chi connectivity index (χ0v) is 10.4. The standard InChI is InChI=1S/C13H27NO/c1-3-14-11-13(9-10-15-4-2)12-7-5-6-8-12/h12-14H,3-11H2,1-2H3. The Kier molecular flexibility index (Phi) is 7.03. The lowest BCUT2D eigenvalue weighted by Crippen LogP contribution is -2.28. The van der Waals surface area contributed by atoms with E-state index in [1.54, 1.807) is 0 Å². The molecule has 0 heterocycles. The van der Waals surface area contributed by atoms with Gasteiger partial charge in [-0.3, -0.25) is 0 Å². The van der Waals surface area contributed by atoms with Crippen LogP contribution < -0.4 is 5.32 Å². The lowest BCUT2D eigenvalue weighted by Gasteiger charge is -2.23. The second-order valence-corrected chi connectivity index (χ2v) is 4.60. The van der Waals surface area contributed by atoms with E-state index in [1.165, 1.54) is 38.6 Å². The molecule has 1 rings (SSSR count). The number of nitrogens with one attached hydrogen (secondary N) is 1. The van der Waals surface area contributed by atoms with Crippen LogP contribution in [0.1, 0.15) is 46.0 Å². The van der Waals surface area contributed by atoms with E-state index in [1.807, 2.05) is 0 Å². The van der Waals surface area contributed by atoms with Crippen LogP contribution in [-0.2, 0) is 4.74 Å². The monoisotopic (exact) mass is 213 g/mol. The van der Waals surface area contributed by atoms with Crippen molar-refractivity contribution in [1.29, 1.82) is 0 Å². The average Bonchev–Trinajstić information content (AvgIpc) is 2.76. The molecule has 0 aliphatic heterocycles. The summed E-state index contributed by atoms with van der Waals surface area (Å²) in [4.78, 5) is 0. The van der Waals surface area contributed by atoms with Crippen LogP contribution in [0.3, 0.4) is 0 Å². The summed E-state index contributed by atoms with van der Waals surface area (Å²) in [5.74, 6) is 1.81. The predicted octanol–water partition coefficient (Wildman–Crippen LogP) is 2.83. The minimum absolute atomic E-state index is 0.846. The lowest BCUT2D eigenvalue weighted by molar-refractivity contribution is 0.120. The highest BCUT2D eigenvalue weighted by Crippen LogP contribution is 2.32. The van der Waals surface area contributed by atoms with Crippen molar-refractivity contribution < 1.29 is 4.74 Å². The van der Waals surface area contributed by atoms with E-state index in [9.17, 15) is 0 Å². The van der Waals surface area contributed by atoms with E-state index < -0.39 is 0 Å². The maximum atomic E-state index is 5.48. The molecule has 0 spiro atoms. The molecule has 2 heteroatoms. The third-order valence-corrected chi connectivity index (χ3v) is 3.56. The topological polar surface area (TPSA) is 21.3 Å².